The zero-order valence-corrected chi connectivity index (χ0v) is 15.7. The molecular weight excluding hydrogens is 316 g/mol. The summed E-state index contributed by atoms with van der Waals surface area (Å²) in [5, 5.41) is 3.43. The molecule has 0 spiro atoms. The molecule has 0 amide bonds. The van der Waals surface area contributed by atoms with Gasteiger partial charge < -0.3 is 19.4 Å². The molecule has 6 heteroatoms. The van der Waals surface area contributed by atoms with Gasteiger partial charge in [0.1, 0.15) is 11.5 Å². The third kappa shape index (κ3) is 5.00. The number of guanidine groups is 1. The Morgan fingerprint density at radius 3 is 2.56 bits per heavy atom. The largest absolute Gasteiger partial charge is 0.496 e. The number of benzene rings is 1. The Labute approximate surface area is 150 Å². The van der Waals surface area contributed by atoms with Crippen LogP contribution in [0.15, 0.2) is 52.1 Å². The fourth-order valence-electron chi connectivity index (χ4n) is 2.76. The topological polar surface area (TPSA) is 53.2 Å². The van der Waals surface area contributed by atoms with Crippen molar-refractivity contribution in [1.82, 2.24) is 15.1 Å². The normalized spacial score (nSPS) is 13.0. The third-order valence-corrected chi connectivity index (χ3v) is 4.12. The molecule has 1 atom stereocenters. The van der Waals surface area contributed by atoms with Crippen molar-refractivity contribution in [3.05, 3.63) is 54.0 Å². The number of nitrogens with one attached hydrogen (secondary N) is 1. The fourth-order valence-corrected chi connectivity index (χ4v) is 2.76. The van der Waals surface area contributed by atoms with Crippen LogP contribution in [0, 0.1) is 0 Å². The molecule has 25 heavy (non-hydrogen) atoms. The van der Waals surface area contributed by atoms with E-state index < -0.39 is 0 Å². The van der Waals surface area contributed by atoms with Crippen LogP contribution in [-0.4, -0.2) is 57.6 Å². The van der Waals surface area contributed by atoms with E-state index in [9.17, 15) is 0 Å². The zero-order valence-electron chi connectivity index (χ0n) is 15.7. The lowest BCUT2D eigenvalue weighted by Gasteiger charge is -2.27. The standard InChI is InChI=1S/C19H28N4O2/c1-20-19(21-13-16(22(2)3)18-11-8-12-25-18)23(4)14-15-9-6-7-10-17(15)24-5/h6-12,16H,13-14H2,1-5H3,(H,20,21). The molecule has 1 unspecified atom stereocenters. The number of ether oxygens (including phenoxy) is 1. The second-order valence-electron chi connectivity index (χ2n) is 6.09. The minimum Gasteiger partial charge on any atom is -0.496 e. The summed E-state index contributed by atoms with van der Waals surface area (Å²) < 4.78 is 11.0. The maximum absolute atomic E-state index is 5.56. The molecule has 2 aromatic rings. The van der Waals surface area contributed by atoms with E-state index in [2.05, 4.69) is 26.2 Å². The number of hydrogen-bond donors (Lipinski definition) is 1. The molecule has 0 saturated heterocycles. The molecule has 0 aliphatic rings. The van der Waals surface area contributed by atoms with Gasteiger partial charge in [-0.25, -0.2) is 0 Å². The van der Waals surface area contributed by atoms with Crippen molar-refractivity contribution in [3.63, 3.8) is 0 Å². The lowest BCUT2D eigenvalue weighted by Crippen LogP contribution is -2.42. The van der Waals surface area contributed by atoms with Gasteiger partial charge in [0.2, 0.25) is 0 Å². The first-order valence-electron chi connectivity index (χ1n) is 8.30. The number of aliphatic imine (C=N–C) groups is 1. The first-order chi connectivity index (χ1) is 12.1. The highest BCUT2D eigenvalue weighted by atomic mass is 16.5. The van der Waals surface area contributed by atoms with E-state index in [1.807, 2.05) is 51.5 Å². The molecule has 0 bridgehead atoms. The number of para-hydroxylation sites is 1. The number of methoxy groups -OCH3 is 1. The quantitative estimate of drug-likeness (QED) is 0.618. The highest BCUT2D eigenvalue weighted by Gasteiger charge is 2.18. The van der Waals surface area contributed by atoms with E-state index in [0.29, 0.717) is 13.1 Å². The van der Waals surface area contributed by atoms with Crippen molar-refractivity contribution in [1.29, 1.82) is 0 Å². The van der Waals surface area contributed by atoms with Gasteiger partial charge in [-0.2, -0.15) is 0 Å². The van der Waals surface area contributed by atoms with E-state index in [4.69, 9.17) is 9.15 Å². The van der Waals surface area contributed by atoms with Crippen LogP contribution in [-0.2, 0) is 6.54 Å². The van der Waals surface area contributed by atoms with Crippen molar-refractivity contribution in [2.45, 2.75) is 12.6 Å². The van der Waals surface area contributed by atoms with Crippen LogP contribution in [0.3, 0.4) is 0 Å². The molecule has 1 heterocycles. The smallest absolute Gasteiger partial charge is 0.193 e. The van der Waals surface area contributed by atoms with Gasteiger partial charge in [0.05, 0.1) is 19.4 Å². The van der Waals surface area contributed by atoms with Gasteiger partial charge in [-0.1, -0.05) is 18.2 Å². The lowest BCUT2D eigenvalue weighted by atomic mass is 10.2. The third-order valence-electron chi connectivity index (χ3n) is 4.12. The second-order valence-corrected chi connectivity index (χ2v) is 6.09. The summed E-state index contributed by atoms with van der Waals surface area (Å²) >= 11 is 0. The van der Waals surface area contributed by atoms with Crippen molar-refractivity contribution < 1.29 is 9.15 Å². The summed E-state index contributed by atoms with van der Waals surface area (Å²) in [4.78, 5) is 8.59. The Kier molecular flexibility index (Phi) is 6.89. The van der Waals surface area contributed by atoms with E-state index in [-0.39, 0.29) is 6.04 Å². The molecule has 1 aromatic heterocycles. The summed E-state index contributed by atoms with van der Waals surface area (Å²) in [6.07, 6.45) is 1.70. The fraction of sp³-hybridized carbons (Fsp3) is 0.421. The van der Waals surface area contributed by atoms with Gasteiger partial charge >= 0.3 is 0 Å². The number of likely N-dealkylation sites (N-methyl/N-ethyl adjacent to an activating group) is 1. The van der Waals surface area contributed by atoms with Gasteiger partial charge in [0.15, 0.2) is 5.96 Å². The van der Waals surface area contributed by atoms with E-state index in [1.165, 1.54) is 0 Å². The minimum atomic E-state index is 0.131. The molecule has 136 valence electrons. The van der Waals surface area contributed by atoms with E-state index in [0.717, 1.165) is 23.0 Å². The lowest BCUT2D eigenvalue weighted by molar-refractivity contribution is 0.256. The summed E-state index contributed by atoms with van der Waals surface area (Å²) in [6.45, 7) is 1.40. The van der Waals surface area contributed by atoms with Crippen molar-refractivity contribution >= 4 is 5.96 Å². The monoisotopic (exact) mass is 344 g/mol. The molecule has 1 aromatic carbocycles. The molecule has 0 aliphatic heterocycles. The number of nitrogens with zero attached hydrogens (tertiary/aromatic N) is 3. The number of hydrogen-bond acceptors (Lipinski definition) is 4. The van der Waals surface area contributed by atoms with Gasteiger partial charge in [-0.3, -0.25) is 9.89 Å². The van der Waals surface area contributed by atoms with E-state index >= 15 is 0 Å². The van der Waals surface area contributed by atoms with Crippen LogP contribution in [0.1, 0.15) is 17.4 Å². The first-order valence-corrected chi connectivity index (χ1v) is 8.30. The van der Waals surface area contributed by atoms with E-state index in [1.54, 1.807) is 20.4 Å². The van der Waals surface area contributed by atoms with Crippen molar-refractivity contribution in [3.8, 4) is 5.75 Å². The Morgan fingerprint density at radius 1 is 1.20 bits per heavy atom. The highest BCUT2D eigenvalue weighted by molar-refractivity contribution is 5.79. The molecule has 2 rings (SSSR count). The molecule has 0 aliphatic carbocycles. The predicted octanol–water partition coefficient (Wildman–Crippen LogP) is 2.60. The van der Waals surface area contributed by atoms with Crippen molar-refractivity contribution in [2.24, 2.45) is 4.99 Å². The Balaban J connectivity index is 2.01. The zero-order chi connectivity index (χ0) is 18.2. The summed E-state index contributed by atoms with van der Waals surface area (Å²) in [7, 11) is 9.57. The molecule has 0 saturated carbocycles. The van der Waals surface area contributed by atoms with Crippen LogP contribution in [0.2, 0.25) is 0 Å². The van der Waals surface area contributed by atoms with Crippen LogP contribution in [0.5, 0.6) is 5.75 Å². The van der Waals surface area contributed by atoms with Crippen LogP contribution in [0.4, 0.5) is 0 Å². The minimum absolute atomic E-state index is 0.131. The molecule has 1 N–H and O–H groups in total. The number of furan rings is 1. The summed E-state index contributed by atoms with van der Waals surface area (Å²) in [6, 6.07) is 12.1. The SMILES string of the molecule is CN=C(NCC(c1ccco1)N(C)C)N(C)Cc1ccccc1OC. The average molecular weight is 344 g/mol. The predicted molar refractivity (Wildman–Crippen MR) is 101 cm³/mol. The van der Waals surface area contributed by atoms with Crippen LogP contribution in [0.25, 0.3) is 0 Å². The van der Waals surface area contributed by atoms with Gasteiger partial charge in [0.25, 0.3) is 0 Å². The van der Waals surface area contributed by atoms with Gasteiger partial charge in [-0.15, -0.1) is 0 Å². The van der Waals surface area contributed by atoms with Crippen LogP contribution < -0.4 is 10.1 Å². The summed E-state index contributed by atoms with van der Waals surface area (Å²) in [5.74, 6) is 2.64. The first kappa shape index (κ1) is 18.9. The Hall–Kier alpha value is -2.47. The van der Waals surface area contributed by atoms with Crippen LogP contribution >= 0.6 is 0 Å². The average Bonchev–Trinajstić information content (AvgIpc) is 3.13. The second kappa shape index (κ2) is 9.13. The highest BCUT2D eigenvalue weighted by Crippen LogP contribution is 2.20. The maximum atomic E-state index is 5.56. The summed E-state index contributed by atoms with van der Waals surface area (Å²) in [5.41, 5.74) is 1.12. The Bertz CT molecular complexity index is 668. The van der Waals surface area contributed by atoms with Gasteiger partial charge in [0, 0.05) is 32.7 Å². The molecule has 0 radical (unpaired) electrons. The Morgan fingerprint density at radius 2 is 1.96 bits per heavy atom. The molecule has 0 fully saturated rings. The van der Waals surface area contributed by atoms with Gasteiger partial charge in [-0.05, 0) is 32.3 Å². The number of rotatable bonds is 7. The molecular formula is C19H28N4O2. The molecule has 6 nitrogen and oxygen atoms in total. The maximum Gasteiger partial charge on any atom is 0.193 e. The van der Waals surface area contributed by atoms with Crippen molar-refractivity contribution in [2.75, 3.05) is 41.8 Å².